The summed E-state index contributed by atoms with van der Waals surface area (Å²) in [6.07, 6.45) is 1.77. The number of anilines is 1. The van der Waals surface area contributed by atoms with Crippen LogP contribution >= 0.6 is 34.8 Å². The van der Waals surface area contributed by atoms with Gasteiger partial charge in [0.2, 0.25) is 11.8 Å². The highest BCUT2D eigenvalue weighted by Crippen LogP contribution is 2.30. The molecule has 0 aliphatic rings. The van der Waals surface area contributed by atoms with E-state index in [1.807, 2.05) is 37.3 Å². The molecule has 4 aromatic rings. The summed E-state index contributed by atoms with van der Waals surface area (Å²) >= 11 is 19.4. The fraction of sp³-hybridized carbons (Fsp3) is 0.257. The standard InChI is InChI=1S/C35H36Cl3N3O5S/c1-3-4-20-39-35(43)33(21-25-10-6-5-7-11-25)40(23-30-31(37)14-9-15-32(30)38)34(42)24-41(27-13-8-12-26(36)22-27)47(44,45)29-18-16-28(46-2)17-19-29/h5-19,22,33H,3-4,20-21,23-24H2,1-2H3,(H,39,43)/t33-/m1/s1. The van der Waals surface area contributed by atoms with Gasteiger partial charge in [-0.15, -0.1) is 0 Å². The van der Waals surface area contributed by atoms with Crippen LogP contribution in [0.3, 0.4) is 0 Å². The van der Waals surface area contributed by atoms with Gasteiger partial charge in [0.1, 0.15) is 18.3 Å². The highest BCUT2D eigenvalue weighted by molar-refractivity contribution is 7.92. The van der Waals surface area contributed by atoms with Crippen LogP contribution in [0.5, 0.6) is 5.75 Å². The van der Waals surface area contributed by atoms with Gasteiger partial charge in [0.25, 0.3) is 10.0 Å². The van der Waals surface area contributed by atoms with E-state index in [4.69, 9.17) is 39.5 Å². The van der Waals surface area contributed by atoms with Gasteiger partial charge in [-0.25, -0.2) is 8.42 Å². The molecule has 0 bridgehead atoms. The maximum atomic E-state index is 14.6. The van der Waals surface area contributed by atoms with Gasteiger partial charge < -0.3 is 15.0 Å². The topological polar surface area (TPSA) is 96.0 Å². The van der Waals surface area contributed by atoms with Crippen LogP contribution in [-0.4, -0.2) is 51.4 Å². The summed E-state index contributed by atoms with van der Waals surface area (Å²) in [6, 6.07) is 25.3. The molecule has 4 rings (SSSR count). The summed E-state index contributed by atoms with van der Waals surface area (Å²) in [5, 5.41) is 3.84. The molecule has 0 aliphatic heterocycles. The van der Waals surface area contributed by atoms with Crippen molar-refractivity contribution in [3.8, 4) is 5.75 Å². The third-order valence-corrected chi connectivity index (χ3v) is 10.2. The molecule has 248 valence electrons. The van der Waals surface area contributed by atoms with E-state index in [0.717, 1.165) is 22.7 Å². The smallest absolute Gasteiger partial charge is 0.264 e. The van der Waals surface area contributed by atoms with Gasteiger partial charge in [-0.1, -0.05) is 90.6 Å². The van der Waals surface area contributed by atoms with Gasteiger partial charge in [0.15, 0.2) is 0 Å². The Bertz CT molecular complexity index is 1750. The zero-order valence-corrected chi connectivity index (χ0v) is 29.1. The minimum atomic E-state index is -4.32. The van der Waals surface area contributed by atoms with Crippen LogP contribution in [0.15, 0.2) is 102 Å². The van der Waals surface area contributed by atoms with Crippen molar-refractivity contribution in [2.75, 3.05) is 24.5 Å². The minimum Gasteiger partial charge on any atom is -0.497 e. The lowest BCUT2D eigenvalue weighted by molar-refractivity contribution is -0.140. The van der Waals surface area contributed by atoms with Crippen LogP contribution in [-0.2, 0) is 32.6 Å². The first-order chi connectivity index (χ1) is 22.5. The quantitative estimate of drug-likeness (QED) is 0.129. The highest BCUT2D eigenvalue weighted by atomic mass is 35.5. The number of hydrogen-bond acceptors (Lipinski definition) is 5. The monoisotopic (exact) mass is 715 g/mol. The first-order valence-electron chi connectivity index (χ1n) is 15.0. The number of hydrogen-bond donors (Lipinski definition) is 1. The summed E-state index contributed by atoms with van der Waals surface area (Å²) in [6.45, 7) is 1.62. The minimum absolute atomic E-state index is 0.0649. The van der Waals surface area contributed by atoms with E-state index in [9.17, 15) is 18.0 Å². The van der Waals surface area contributed by atoms with Crippen molar-refractivity contribution < 1.29 is 22.7 Å². The molecule has 0 saturated carbocycles. The lowest BCUT2D eigenvalue weighted by Crippen LogP contribution is -2.53. The molecule has 8 nitrogen and oxygen atoms in total. The number of rotatable bonds is 15. The maximum absolute atomic E-state index is 14.6. The van der Waals surface area contributed by atoms with E-state index in [0.29, 0.717) is 27.9 Å². The number of benzene rings is 4. The zero-order valence-electron chi connectivity index (χ0n) is 26.0. The Balaban J connectivity index is 1.82. The number of carbonyl (C=O) groups is 2. The second-order valence-electron chi connectivity index (χ2n) is 10.7. The second kappa shape index (κ2) is 16.9. The maximum Gasteiger partial charge on any atom is 0.264 e. The molecule has 1 atom stereocenters. The molecule has 0 aromatic heterocycles. The number of amides is 2. The van der Waals surface area contributed by atoms with Crippen molar-refractivity contribution in [3.05, 3.63) is 123 Å². The van der Waals surface area contributed by atoms with Gasteiger partial charge >= 0.3 is 0 Å². The lowest BCUT2D eigenvalue weighted by atomic mass is 10.0. The van der Waals surface area contributed by atoms with Crippen molar-refractivity contribution >= 4 is 62.3 Å². The molecule has 0 radical (unpaired) electrons. The average Bonchev–Trinajstić information content (AvgIpc) is 3.06. The summed E-state index contributed by atoms with van der Waals surface area (Å²) in [4.78, 5) is 29.7. The molecule has 0 heterocycles. The third kappa shape index (κ3) is 9.41. The first-order valence-corrected chi connectivity index (χ1v) is 17.6. The Labute approximate surface area is 291 Å². The Hall–Kier alpha value is -3.76. The van der Waals surface area contributed by atoms with E-state index >= 15 is 0 Å². The summed E-state index contributed by atoms with van der Waals surface area (Å²) in [5.74, 6) is -0.564. The van der Waals surface area contributed by atoms with E-state index in [-0.39, 0.29) is 34.5 Å². The Morgan fingerprint density at radius 2 is 1.53 bits per heavy atom. The number of unbranched alkanes of at least 4 members (excludes halogenated alkanes) is 1. The van der Waals surface area contributed by atoms with E-state index in [2.05, 4.69) is 5.32 Å². The van der Waals surface area contributed by atoms with Gasteiger partial charge in [-0.3, -0.25) is 13.9 Å². The molecule has 0 spiro atoms. The molecule has 47 heavy (non-hydrogen) atoms. The van der Waals surface area contributed by atoms with Crippen molar-refractivity contribution in [3.63, 3.8) is 0 Å². The molecule has 2 amide bonds. The first kappa shape index (κ1) is 36.1. The molecule has 12 heteroatoms. The Morgan fingerprint density at radius 3 is 2.15 bits per heavy atom. The molecular formula is C35H36Cl3N3O5S. The van der Waals surface area contributed by atoms with Crippen LogP contribution < -0.4 is 14.4 Å². The lowest BCUT2D eigenvalue weighted by Gasteiger charge is -2.34. The fourth-order valence-corrected chi connectivity index (χ4v) is 7.06. The average molecular weight is 717 g/mol. The van der Waals surface area contributed by atoms with Crippen LogP contribution in [0.2, 0.25) is 15.1 Å². The van der Waals surface area contributed by atoms with Gasteiger partial charge in [-0.05, 0) is 66.6 Å². The van der Waals surface area contributed by atoms with Gasteiger partial charge in [0.05, 0.1) is 17.7 Å². The van der Waals surface area contributed by atoms with Gasteiger partial charge in [0, 0.05) is 40.1 Å². The molecule has 4 aromatic carbocycles. The van der Waals surface area contributed by atoms with Crippen molar-refractivity contribution in [2.24, 2.45) is 0 Å². The van der Waals surface area contributed by atoms with Crippen molar-refractivity contribution in [1.29, 1.82) is 0 Å². The number of nitrogens with one attached hydrogen (secondary N) is 1. The number of ether oxygens (including phenoxy) is 1. The second-order valence-corrected chi connectivity index (χ2v) is 13.9. The number of sulfonamides is 1. The number of methoxy groups -OCH3 is 1. The van der Waals surface area contributed by atoms with E-state index in [1.165, 1.54) is 42.3 Å². The molecule has 0 unspecified atom stereocenters. The van der Waals surface area contributed by atoms with E-state index in [1.54, 1.807) is 36.4 Å². The van der Waals surface area contributed by atoms with Crippen molar-refractivity contribution in [2.45, 2.75) is 43.7 Å². The van der Waals surface area contributed by atoms with Crippen LogP contribution in [0.25, 0.3) is 0 Å². The molecule has 0 saturated heterocycles. The molecule has 1 N–H and O–H groups in total. The SMILES string of the molecule is CCCCNC(=O)[C@@H](Cc1ccccc1)N(Cc1c(Cl)cccc1Cl)C(=O)CN(c1cccc(Cl)c1)S(=O)(=O)c1ccc(OC)cc1. The zero-order chi connectivity index (χ0) is 34.0. The number of carbonyl (C=O) groups excluding carboxylic acids is 2. The predicted octanol–water partition coefficient (Wildman–Crippen LogP) is 7.41. The molecule has 0 fully saturated rings. The summed E-state index contributed by atoms with van der Waals surface area (Å²) in [7, 11) is -2.84. The predicted molar refractivity (Wildman–Crippen MR) is 188 cm³/mol. The van der Waals surface area contributed by atoms with Gasteiger partial charge in [-0.2, -0.15) is 0 Å². The van der Waals surface area contributed by atoms with Crippen LogP contribution in [0, 0.1) is 0 Å². The third-order valence-electron chi connectivity index (χ3n) is 7.51. The van der Waals surface area contributed by atoms with Crippen LogP contribution in [0.1, 0.15) is 30.9 Å². The number of nitrogens with zero attached hydrogens (tertiary/aromatic N) is 2. The van der Waals surface area contributed by atoms with Crippen LogP contribution in [0.4, 0.5) is 5.69 Å². The normalized spacial score (nSPS) is 11.9. The largest absolute Gasteiger partial charge is 0.497 e. The summed E-state index contributed by atoms with van der Waals surface area (Å²) in [5.41, 5.74) is 1.41. The summed E-state index contributed by atoms with van der Waals surface area (Å²) < 4.78 is 34.6. The molecular weight excluding hydrogens is 681 g/mol. The molecule has 0 aliphatic carbocycles. The fourth-order valence-electron chi connectivity index (χ4n) is 4.95. The van der Waals surface area contributed by atoms with E-state index < -0.39 is 28.5 Å². The number of halogens is 3. The Morgan fingerprint density at radius 1 is 0.872 bits per heavy atom. The van der Waals surface area contributed by atoms with Crippen molar-refractivity contribution in [1.82, 2.24) is 10.2 Å². The Kier molecular flexibility index (Phi) is 13.0. The highest BCUT2D eigenvalue weighted by Gasteiger charge is 2.35.